The zero-order chi connectivity index (χ0) is 14.7. The highest BCUT2D eigenvalue weighted by Gasteiger charge is 2.14. The maximum atomic E-state index is 5.80. The second-order valence-corrected chi connectivity index (χ2v) is 5.71. The Labute approximate surface area is 122 Å². The summed E-state index contributed by atoms with van der Waals surface area (Å²) in [6.07, 6.45) is 0.911. The summed E-state index contributed by atoms with van der Waals surface area (Å²) < 4.78 is 0. The lowest BCUT2D eigenvalue weighted by molar-refractivity contribution is 0.548. The number of hydrogen-bond donors (Lipinski definition) is 2. The Balaban J connectivity index is 2.31. The lowest BCUT2D eigenvalue weighted by Crippen LogP contribution is -2.30. The summed E-state index contributed by atoms with van der Waals surface area (Å²) in [5, 5.41) is 0. The smallest absolute Gasteiger partial charge is 0.0503 e. The molecule has 0 spiro atoms. The molecule has 1 unspecified atom stereocenters. The predicted molar refractivity (Wildman–Crippen MR) is 85.6 cm³/mol. The first-order valence-electron chi connectivity index (χ1n) is 7.10. The quantitative estimate of drug-likeness (QED) is 0.656. The molecule has 0 aliphatic carbocycles. The van der Waals surface area contributed by atoms with Crippen LogP contribution in [0.5, 0.6) is 0 Å². The molecule has 0 aromatic heterocycles. The maximum Gasteiger partial charge on any atom is 0.0503 e. The van der Waals surface area contributed by atoms with Crippen molar-refractivity contribution in [3.05, 3.63) is 69.8 Å². The third-order valence-corrected chi connectivity index (χ3v) is 3.93. The Morgan fingerprint density at radius 1 is 0.900 bits per heavy atom. The predicted octanol–water partition coefficient (Wildman–Crippen LogP) is 3.67. The summed E-state index contributed by atoms with van der Waals surface area (Å²) in [7, 11) is 0. The number of rotatable bonds is 4. The molecule has 0 fully saturated rings. The second-order valence-electron chi connectivity index (χ2n) is 5.71. The Morgan fingerprint density at radius 2 is 1.55 bits per heavy atom. The summed E-state index contributed by atoms with van der Waals surface area (Å²) in [6, 6.07) is 13.3. The average Bonchev–Trinajstić information content (AvgIpc) is 2.40. The van der Waals surface area contributed by atoms with Gasteiger partial charge in [0, 0.05) is 0 Å². The van der Waals surface area contributed by atoms with E-state index in [2.05, 4.69) is 69.5 Å². The van der Waals surface area contributed by atoms with Gasteiger partial charge < -0.3 is 0 Å². The van der Waals surface area contributed by atoms with Crippen LogP contribution in [-0.2, 0) is 6.42 Å². The highest BCUT2D eigenvalue weighted by molar-refractivity contribution is 5.36. The van der Waals surface area contributed by atoms with Crippen molar-refractivity contribution in [2.75, 3.05) is 0 Å². The maximum absolute atomic E-state index is 5.80. The molecule has 0 aliphatic heterocycles. The van der Waals surface area contributed by atoms with Gasteiger partial charge >= 0.3 is 0 Å². The van der Waals surface area contributed by atoms with E-state index in [1.165, 1.54) is 33.4 Å². The van der Waals surface area contributed by atoms with Gasteiger partial charge in [0.1, 0.15) is 0 Å². The fourth-order valence-corrected chi connectivity index (χ4v) is 2.72. The summed E-state index contributed by atoms with van der Waals surface area (Å²) in [6.45, 7) is 8.55. The molecule has 106 valence electrons. The first kappa shape index (κ1) is 14.8. The van der Waals surface area contributed by atoms with Gasteiger partial charge in [0.15, 0.2) is 0 Å². The Morgan fingerprint density at radius 3 is 2.20 bits per heavy atom. The molecule has 0 heterocycles. The Bertz CT molecular complexity index is 602. The number of nitrogens with two attached hydrogens (primary N) is 1. The summed E-state index contributed by atoms with van der Waals surface area (Å²) >= 11 is 0. The van der Waals surface area contributed by atoms with Crippen LogP contribution >= 0.6 is 0 Å². The molecule has 2 heteroatoms. The molecule has 0 aliphatic rings. The zero-order valence-corrected chi connectivity index (χ0v) is 12.8. The third-order valence-electron chi connectivity index (χ3n) is 3.93. The third kappa shape index (κ3) is 3.27. The lowest BCUT2D eigenvalue weighted by Gasteiger charge is -2.20. The van der Waals surface area contributed by atoms with E-state index in [0.717, 1.165) is 6.42 Å². The minimum atomic E-state index is 0.149. The van der Waals surface area contributed by atoms with Crippen LogP contribution < -0.4 is 11.3 Å². The van der Waals surface area contributed by atoms with E-state index in [0.29, 0.717) is 0 Å². The van der Waals surface area contributed by atoms with Crippen molar-refractivity contribution >= 4 is 0 Å². The van der Waals surface area contributed by atoms with Gasteiger partial charge in [-0.15, -0.1) is 0 Å². The van der Waals surface area contributed by atoms with Gasteiger partial charge in [-0.1, -0.05) is 47.5 Å². The van der Waals surface area contributed by atoms with Gasteiger partial charge in [0.2, 0.25) is 0 Å². The molecule has 2 nitrogen and oxygen atoms in total. The van der Waals surface area contributed by atoms with Crippen molar-refractivity contribution in [3.8, 4) is 0 Å². The van der Waals surface area contributed by atoms with Gasteiger partial charge in [-0.3, -0.25) is 11.3 Å². The normalized spacial score (nSPS) is 12.4. The molecule has 2 rings (SSSR count). The monoisotopic (exact) mass is 268 g/mol. The zero-order valence-electron chi connectivity index (χ0n) is 12.8. The molecule has 0 radical (unpaired) electrons. The first-order valence-corrected chi connectivity index (χ1v) is 7.10. The Kier molecular flexibility index (Phi) is 4.58. The number of hydrazine groups is 1. The highest BCUT2D eigenvalue weighted by atomic mass is 15.2. The molecule has 2 aromatic rings. The van der Waals surface area contributed by atoms with E-state index in [-0.39, 0.29) is 6.04 Å². The van der Waals surface area contributed by atoms with Crippen LogP contribution in [0.3, 0.4) is 0 Å². The van der Waals surface area contributed by atoms with Crippen LogP contribution in [0.15, 0.2) is 36.4 Å². The standard InChI is InChI=1S/C18H24N2/c1-12-6-8-17(15(4)9-12)18(20-19)11-16-10-13(2)5-7-14(16)3/h5-10,18,20H,11,19H2,1-4H3. The first-order chi connectivity index (χ1) is 9.51. The number of benzene rings is 2. The van der Waals surface area contributed by atoms with Crippen LogP contribution in [0, 0.1) is 27.7 Å². The topological polar surface area (TPSA) is 38.0 Å². The molecule has 0 amide bonds. The van der Waals surface area contributed by atoms with E-state index in [1.54, 1.807) is 0 Å². The van der Waals surface area contributed by atoms with E-state index >= 15 is 0 Å². The van der Waals surface area contributed by atoms with Crippen LogP contribution in [0.4, 0.5) is 0 Å². The minimum absolute atomic E-state index is 0.149. The molecule has 0 bridgehead atoms. The highest BCUT2D eigenvalue weighted by Crippen LogP contribution is 2.24. The molecule has 2 aromatic carbocycles. The molecule has 0 saturated heterocycles. The number of nitrogens with one attached hydrogen (secondary N) is 1. The summed E-state index contributed by atoms with van der Waals surface area (Å²) in [5.41, 5.74) is 10.8. The molecular formula is C18H24N2. The molecule has 20 heavy (non-hydrogen) atoms. The summed E-state index contributed by atoms with van der Waals surface area (Å²) in [5.74, 6) is 5.80. The van der Waals surface area contributed by atoms with E-state index in [4.69, 9.17) is 5.84 Å². The average molecular weight is 268 g/mol. The van der Waals surface area contributed by atoms with Gasteiger partial charge in [0.05, 0.1) is 6.04 Å². The summed E-state index contributed by atoms with van der Waals surface area (Å²) in [4.78, 5) is 0. The van der Waals surface area contributed by atoms with Crippen molar-refractivity contribution < 1.29 is 0 Å². The van der Waals surface area contributed by atoms with Crippen LogP contribution in [0.1, 0.15) is 39.4 Å². The molecule has 3 N–H and O–H groups in total. The Hall–Kier alpha value is -1.64. The van der Waals surface area contributed by atoms with Crippen LogP contribution in [0.2, 0.25) is 0 Å². The second kappa shape index (κ2) is 6.21. The van der Waals surface area contributed by atoms with E-state index in [9.17, 15) is 0 Å². The van der Waals surface area contributed by atoms with Crippen LogP contribution in [-0.4, -0.2) is 0 Å². The van der Waals surface area contributed by atoms with Crippen molar-refractivity contribution in [2.45, 2.75) is 40.2 Å². The number of aryl methyl sites for hydroxylation is 4. The fraction of sp³-hybridized carbons (Fsp3) is 0.333. The molecule has 0 saturated carbocycles. The van der Waals surface area contributed by atoms with Gasteiger partial charge in [-0.05, 0) is 56.4 Å². The minimum Gasteiger partial charge on any atom is -0.271 e. The fourth-order valence-electron chi connectivity index (χ4n) is 2.72. The molecule has 1 atom stereocenters. The SMILES string of the molecule is Cc1ccc(C(Cc2cc(C)ccc2C)NN)c(C)c1. The van der Waals surface area contributed by atoms with E-state index in [1.807, 2.05) is 0 Å². The number of hydrogen-bond acceptors (Lipinski definition) is 2. The lowest BCUT2D eigenvalue weighted by atomic mass is 9.92. The van der Waals surface area contributed by atoms with Crippen molar-refractivity contribution in [1.82, 2.24) is 5.43 Å². The van der Waals surface area contributed by atoms with Crippen molar-refractivity contribution in [2.24, 2.45) is 5.84 Å². The van der Waals surface area contributed by atoms with Crippen molar-refractivity contribution in [3.63, 3.8) is 0 Å². The van der Waals surface area contributed by atoms with Gasteiger partial charge in [0.25, 0.3) is 0 Å². The van der Waals surface area contributed by atoms with Crippen LogP contribution in [0.25, 0.3) is 0 Å². The van der Waals surface area contributed by atoms with Crippen molar-refractivity contribution in [1.29, 1.82) is 0 Å². The van der Waals surface area contributed by atoms with Gasteiger partial charge in [-0.2, -0.15) is 0 Å². The largest absolute Gasteiger partial charge is 0.271 e. The van der Waals surface area contributed by atoms with Gasteiger partial charge in [-0.25, -0.2) is 0 Å². The van der Waals surface area contributed by atoms with E-state index < -0.39 is 0 Å². The molecular weight excluding hydrogens is 244 g/mol.